The molecule has 1 aliphatic heterocycles. The molecule has 72 valence electrons. The average molecular weight is 224 g/mol. The van der Waals surface area contributed by atoms with Gasteiger partial charge >= 0.3 is 0 Å². The zero-order valence-electron chi connectivity index (χ0n) is 7.48. The highest BCUT2D eigenvalue weighted by Gasteiger charge is 2.22. The van der Waals surface area contributed by atoms with Crippen molar-refractivity contribution in [1.82, 2.24) is 9.88 Å². The van der Waals surface area contributed by atoms with E-state index in [0.717, 1.165) is 5.69 Å². The standard InChI is InChI=1S/C9H8N2OS2/c1-11-4-2-3-6(11)5-7-8(12)10-9(13)14-7/h2-5H,1H3,(H,10,12,13)/b7-5+. The van der Waals surface area contributed by atoms with Crippen LogP contribution in [0.2, 0.25) is 0 Å². The zero-order chi connectivity index (χ0) is 10.1. The van der Waals surface area contributed by atoms with Crippen LogP contribution in [0.5, 0.6) is 0 Å². The monoisotopic (exact) mass is 224 g/mol. The van der Waals surface area contributed by atoms with E-state index in [2.05, 4.69) is 5.32 Å². The Kier molecular flexibility index (Phi) is 2.43. The molecule has 2 rings (SSSR count). The van der Waals surface area contributed by atoms with Gasteiger partial charge in [-0.05, 0) is 18.2 Å². The highest BCUT2D eigenvalue weighted by molar-refractivity contribution is 8.26. The number of thiocarbonyl (C=S) groups is 1. The van der Waals surface area contributed by atoms with Crippen LogP contribution in [0.4, 0.5) is 0 Å². The van der Waals surface area contributed by atoms with Crippen LogP contribution in [0.1, 0.15) is 5.69 Å². The molecule has 0 atom stereocenters. The Hall–Kier alpha value is -1.07. The van der Waals surface area contributed by atoms with Crippen molar-refractivity contribution in [3.63, 3.8) is 0 Å². The molecule has 1 aromatic heterocycles. The van der Waals surface area contributed by atoms with E-state index in [1.54, 1.807) is 0 Å². The number of carbonyl (C=O) groups excluding carboxylic acids is 1. The molecule has 1 aliphatic rings. The normalized spacial score (nSPS) is 19.1. The largest absolute Gasteiger partial charge is 0.351 e. The molecular formula is C9H8N2OS2. The van der Waals surface area contributed by atoms with E-state index < -0.39 is 0 Å². The minimum absolute atomic E-state index is 0.110. The van der Waals surface area contributed by atoms with E-state index in [0.29, 0.717) is 9.23 Å². The third-order valence-electron chi connectivity index (χ3n) is 1.90. The smallest absolute Gasteiger partial charge is 0.263 e. The molecule has 14 heavy (non-hydrogen) atoms. The zero-order valence-corrected chi connectivity index (χ0v) is 9.11. The Morgan fingerprint density at radius 2 is 2.43 bits per heavy atom. The summed E-state index contributed by atoms with van der Waals surface area (Å²) >= 11 is 6.18. The topological polar surface area (TPSA) is 34.0 Å². The second-order valence-electron chi connectivity index (χ2n) is 2.90. The molecule has 1 fully saturated rings. The predicted octanol–water partition coefficient (Wildman–Crippen LogP) is 1.51. The second-order valence-corrected chi connectivity index (χ2v) is 4.62. The van der Waals surface area contributed by atoms with Gasteiger partial charge in [-0.1, -0.05) is 24.0 Å². The van der Waals surface area contributed by atoms with Crippen molar-refractivity contribution in [2.45, 2.75) is 0 Å². The van der Waals surface area contributed by atoms with Crippen LogP contribution in [-0.4, -0.2) is 14.8 Å². The lowest BCUT2D eigenvalue weighted by Crippen LogP contribution is -2.17. The number of amides is 1. The summed E-state index contributed by atoms with van der Waals surface area (Å²) in [4.78, 5) is 12.0. The Morgan fingerprint density at radius 3 is 2.93 bits per heavy atom. The van der Waals surface area contributed by atoms with Gasteiger partial charge in [0.25, 0.3) is 5.91 Å². The fourth-order valence-corrected chi connectivity index (χ4v) is 2.21. The molecule has 1 amide bonds. The van der Waals surface area contributed by atoms with Crippen LogP contribution in [0.15, 0.2) is 23.2 Å². The summed E-state index contributed by atoms with van der Waals surface area (Å²) in [6.07, 6.45) is 3.77. The maximum absolute atomic E-state index is 11.3. The van der Waals surface area contributed by atoms with Crippen molar-refractivity contribution in [2.75, 3.05) is 0 Å². The van der Waals surface area contributed by atoms with Crippen LogP contribution in [0.25, 0.3) is 6.08 Å². The first-order valence-electron chi connectivity index (χ1n) is 4.03. The average Bonchev–Trinajstić information content (AvgIpc) is 2.62. The van der Waals surface area contributed by atoms with E-state index in [4.69, 9.17) is 12.2 Å². The molecule has 0 aromatic carbocycles. The van der Waals surface area contributed by atoms with Gasteiger partial charge in [-0.3, -0.25) is 4.79 Å². The van der Waals surface area contributed by atoms with Crippen molar-refractivity contribution in [2.24, 2.45) is 7.05 Å². The molecule has 2 heterocycles. The Balaban J connectivity index is 2.32. The Labute approximate surface area is 91.2 Å². The number of nitrogens with one attached hydrogen (secondary N) is 1. The van der Waals surface area contributed by atoms with Gasteiger partial charge in [-0.15, -0.1) is 0 Å². The summed E-state index contributed by atoms with van der Waals surface area (Å²) in [7, 11) is 1.93. The number of thioether (sulfide) groups is 1. The Bertz CT molecular complexity index is 434. The number of aryl methyl sites for hydroxylation is 1. The molecule has 1 N–H and O–H groups in total. The molecule has 0 spiro atoms. The molecule has 0 unspecified atom stereocenters. The minimum atomic E-state index is -0.110. The number of hydrogen-bond acceptors (Lipinski definition) is 3. The number of hydrogen-bond donors (Lipinski definition) is 1. The van der Waals surface area contributed by atoms with Crippen LogP contribution < -0.4 is 5.32 Å². The Morgan fingerprint density at radius 1 is 1.64 bits per heavy atom. The number of aromatic nitrogens is 1. The lowest BCUT2D eigenvalue weighted by atomic mass is 10.3. The van der Waals surface area contributed by atoms with Crippen molar-refractivity contribution in [3.8, 4) is 0 Å². The molecule has 0 bridgehead atoms. The lowest BCUT2D eigenvalue weighted by Gasteiger charge is -1.96. The lowest BCUT2D eigenvalue weighted by molar-refractivity contribution is -0.115. The van der Waals surface area contributed by atoms with Crippen molar-refractivity contribution < 1.29 is 4.79 Å². The summed E-state index contributed by atoms with van der Waals surface area (Å²) in [5.41, 5.74) is 0.993. The molecule has 5 heteroatoms. The van der Waals surface area contributed by atoms with Gasteiger partial charge in [-0.2, -0.15) is 0 Å². The fourth-order valence-electron chi connectivity index (χ4n) is 1.18. The number of carbonyl (C=O) groups is 1. The first kappa shape index (κ1) is 9.48. The number of nitrogens with zero attached hydrogens (tertiary/aromatic N) is 1. The first-order chi connectivity index (χ1) is 6.66. The summed E-state index contributed by atoms with van der Waals surface area (Å²) in [6, 6.07) is 3.88. The summed E-state index contributed by atoms with van der Waals surface area (Å²) in [5, 5.41) is 2.58. The molecule has 1 aromatic rings. The predicted molar refractivity (Wildman–Crippen MR) is 61.7 cm³/mol. The third kappa shape index (κ3) is 1.73. The van der Waals surface area contributed by atoms with Gasteiger partial charge in [0.05, 0.1) is 4.91 Å². The molecular weight excluding hydrogens is 216 g/mol. The molecule has 0 aliphatic carbocycles. The maximum atomic E-state index is 11.3. The van der Waals surface area contributed by atoms with Gasteiger partial charge in [0, 0.05) is 18.9 Å². The van der Waals surface area contributed by atoms with Crippen LogP contribution in [0.3, 0.4) is 0 Å². The van der Waals surface area contributed by atoms with E-state index in [-0.39, 0.29) is 5.91 Å². The SMILES string of the molecule is Cn1cccc1/C=C1/SC(=S)NC1=O. The second kappa shape index (κ2) is 3.59. The third-order valence-corrected chi connectivity index (χ3v) is 3.07. The highest BCUT2D eigenvalue weighted by atomic mass is 32.2. The van der Waals surface area contributed by atoms with Gasteiger partial charge in [-0.25, -0.2) is 0 Å². The summed E-state index contributed by atoms with van der Waals surface area (Å²) in [5.74, 6) is -0.110. The molecule has 0 saturated carbocycles. The van der Waals surface area contributed by atoms with Crippen LogP contribution in [0, 0.1) is 0 Å². The highest BCUT2D eigenvalue weighted by Crippen LogP contribution is 2.25. The van der Waals surface area contributed by atoms with E-state index >= 15 is 0 Å². The molecule has 0 radical (unpaired) electrons. The summed E-state index contributed by atoms with van der Waals surface area (Å²) < 4.78 is 2.47. The quantitative estimate of drug-likeness (QED) is 0.580. The van der Waals surface area contributed by atoms with Gasteiger partial charge in [0.15, 0.2) is 0 Å². The van der Waals surface area contributed by atoms with Gasteiger partial charge < -0.3 is 9.88 Å². The van der Waals surface area contributed by atoms with E-state index in [9.17, 15) is 4.79 Å². The van der Waals surface area contributed by atoms with Crippen molar-refractivity contribution >= 4 is 40.3 Å². The van der Waals surface area contributed by atoms with Crippen LogP contribution >= 0.6 is 24.0 Å². The van der Waals surface area contributed by atoms with Gasteiger partial charge in [0.2, 0.25) is 0 Å². The first-order valence-corrected chi connectivity index (χ1v) is 5.25. The van der Waals surface area contributed by atoms with Gasteiger partial charge in [0.1, 0.15) is 4.32 Å². The van der Waals surface area contributed by atoms with Crippen LogP contribution in [-0.2, 0) is 11.8 Å². The van der Waals surface area contributed by atoms with Crippen molar-refractivity contribution in [1.29, 1.82) is 0 Å². The maximum Gasteiger partial charge on any atom is 0.263 e. The molecule has 1 saturated heterocycles. The summed E-state index contributed by atoms with van der Waals surface area (Å²) in [6.45, 7) is 0. The number of rotatable bonds is 1. The molecule has 3 nitrogen and oxygen atoms in total. The minimum Gasteiger partial charge on any atom is -0.351 e. The van der Waals surface area contributed by atoms with E-state index in [1.165, 1.54) is 11.8 Å². The van der Waals surface area contributed by atoms with Crippen molar-refractivity contribution in [3.05, 3.63) is 28.9 Å². The fraction of sp³-hybridized carbons (Fsp3) is 0.111. The van der Waals surface area contributed by atoms with E-state index in [1.807, 2.05) is 36.0 Å².